The van der Waals surface area contributed by atoms with Gasteiger partial charge in [0.15, 0.2) is 0 Å². The predicted molar refractivity (Wildman–Crippen MR) is 132 cm³/mol. The minimum absolute atomic E-state index is 0.132. The zero-order valence-corrected chi connectivity index (χ0v) is 19.9. The molecule has 0 atom stereocenters. The van der Waals surface area contributed by atoms with Crippen LogP contribution in [0, 0.1) is 6.92 Å². The Kier molecular flexibility index (Phi) is 7.79. The van der Waals surface area contributed by atoms with Crippen molar-refractivity contribution in [1.29, 1.82) is 0 Å². The molecule has 0 aliphatic carbocycles. The highest BCUT2D eigenvalue weighted by atomic mass is 35.5. The van der Waals surface area contributed by atoms with Gasteiger partial charge in [0.05, 0.1) is 28.8 Å². The lowest BCUT2D eigenvalue weighted by atomic mass is 10.1. The van der Waals surface area contributed by atoms with Gasteiger partial charge in [-0.2, -0.15) is 0 Å². The SMILES string of the molecule is CCCCOc1ccc(C2=NC(C)(C)N=C2SCC(=O)Nc2c(C)cccc2Cl)cc1. The maximum atomic E-state index is 12.5. The van der Waals surface area contributed by atoms with E-state index in [0.29, 0.717) is 17.3 Å². The molecule has 0 fully saturated rings. The molecular weight excluding hydrogens is 430 g/mol. The molecule has 0 saturated carbocycles. The number of aliphatic imine (C=N–C) groups is 2. The number of rotatable bonds is 8. The number of carbonyl (C=O) groups excluding carboxylic acids is 1. The largest absolute Gasteiger partial charge is 0.494 e. The van der Waals surface area contributed by atoms with Crippen LogP contribution in [-0.4, -0.2) is 34.7 Å². The van der Waals surface area contributed by atoms with Gasteiger partial charge in [0.25, 0.3) is 0 Å². The van der Waals surface area contributed by atoms with Crippen molar-refractivity contribution in [1.82, 2.24) is 0 Å². The molecule has 0 aromatic heterocycles. The van der Waals surface area contributed by atoms with Crippen molar-refractivity contribution >= 4 is 45.7 Å². The van der Waals surface area contributed by atoms with Crippen molar-refractivity contribution in [3.63, 3.8) is 0 Å². The number of aryl methyl sites for hydroxylation is 1. The van der Waals surface area contributed by atoms with Crippen molar-refractivity contribution < 1.29 is 9.53 Å². The fourth-order valence-electron chi connectivity index (χ4n) is 3.08. The second-order valence-electron chi connectivity index (χ2n) is 7.87. The van der Waals surface area contributed by atoms with Crippen molar-refractivity contribution in [2.75, 3.05) is 17.7 Å². The number of para-hydroxylation sites is 1. The van der Waals surface area contributed by atoms with E-state index < -0.39 is 5.66 Å². The number of hydrogen-bond acceptors (Lipinski definition) is 5. The first-order valence-electron chi connectivity index (χ1n) is 10.4. The average Bonchev–Trinajstić information content (AvgIpc) is 3.04. The smallest absolute Gasteiger partial charge is 0.234 e. The third-order valence-corrected chi connectivity index (χ3v) is 5.96. The topological polar surface area (TPSA) is 63.1 Å². The molecular formula is C24H28ClN3O2S. The number of carbonyl (C=O) groups is 1. The van der Waals surface area contributed by atoms with Gasteiger partial charge in [-0.3, -0.25) is 9.79 Å². The van der Waals surface area contributed by atoms with Gasteiger partial charge >= 0.3 is 0 Å². The highest BCUT2D eigenvalue weighted by Gasteiger charge is 2.28. The fraction of sp³-hybridized carbons (Fsp3) is 0.375. The van der Waals surface area contributed by atoms with E-state index in [1.165, 1.54) is 11.8 Å². The summed E-state index contributed by atoms with van der Waals surface area (Å²) < 4.78 is 5.75. The molecule has 0 radical (unpaired) electrons. The third-order valence-electron chi connectivity index (χ3n) is 4.68. The number of unbranched alkanes of at least 4 members (excludes halogenated alkanes) is 1. The standard InChI is InChI=1S/C24H28ClN3O2S/c1-5-6-14-30-18-12-10-17(11-13-18)22-23(28-24(3,4)27-22)31-15-20(29)26-21-16(2)8-7-9-19(21)25/h7-13H,5-6,14-15H2,1-4H3,(H,26,29). The molecule has 5 nitrogen and oxygen atoms in total. The van der Waals surface area contributed by atoms with Crippen molar-refractivity contribution in [2.24, 2.45) is 9.98 Å². The number of thioether (sulfide) groups is 1. The van der Waals surface area contributed by atoms with Gasteiger partial charge in [-0.25, -0.2) is 4.99 Å². The van der Waals surface area contributed by atoms with Crippen LogP contribution < -0.4 is 10.1 Å². The lowest BCUT2D eigenvalue weighted by Crippen LogP contribution is -2.18. The molecule has 1 aliphatic rings. The second-order valence-corrected chi connectivity index (χ2v) is 9.24. The van der Waals surface area contributed by atoms with Crippen molar-refractivity contribution in [2.45, 2.75) is 46.2 Å². The Hall–Kier alpha value is -2.31. The van der Waals surface area contributed by atoms with Gasteiger partial charge in [0.2, 0.25) is 5.91 Å². The van der Waals surface area contributed by atoms with Gasteiger partial charge in [0.1, 0.15) is 16.5 Å². The number of nitrogens with zero attached hydrogens (tertiary/aromatic N) is 2. The van der Waals surface area contributed by atoms with Crippen LogP contribution in [0.5, 0.6) is 5.75 Å². The van der Waals surface area contributed by atoms with Crippen LogP contribution in [0.25, 0.3) is 0 Å². The van der Waals surface area contributed by atoms with E-state index in [1.54, 1.807) is 6.07 Å². The van der Waals surface area contributed by atoms with Crippen LogP contribution in [-0.2, 0) is 4.79 Å². The van der Waals surface area contributed by atoms with E-state index >= 15 is 0 Å². The molecule has 1 heterocycles. The monoisotopic (exact) mass is 457 g/mol. The molecule has 1 aliphatic heterocycles. The summed E-state index contributed by atoms with van der Waals surface area (Å²) in [6, 6.07) is 13.4. The lowest BCUT2D eigenvalue weighted by Gasteiger charge is -2.11. The molecule has 164 valence electrons. The third kappa shape index (κ3) is 6.34. The first-order chi connectivity index (χ1) is 14.8. The number of ether oxygens (including phenoxy) is 1. The normalized spacial score (nSPS) is 14.7. The summed E-state index contributed by atoms with van der Waals surface area (Å²) in [7, 11) is 0. The Morgan fingerprint density at radius 1 is 1.16 bits per heavy atom. The van der Waals surface area contributed by atoms with E-state index in [-0.39, 0.29) is 11.7 Å². The fourth-order valence-corrected chi connectivity index (χ4v) is 4.28. The van der Waals surface area contributed by atoms with E-state index in [4.69, 9.17) is 26.3 Å². The Morgan fingerprint density at radius 2 is 1.90 bits per heavy atom. The molecule has 2 aromatic rings. The Bertz CT molecular complexity index is 980. The summed E-state index contributed by atoms with van der Waals surface area (Å²) in [5, 5.41) is 4.20. The van der Waals surface area contributed by atoms with Gasteiger partial charge in [-0.1, -0.05) is 48.8 Å². The summed E-state index contributed by atoms with van der Waals surface area (Å²) in [6.07, 6.45) is 2.14. The molecule has 0 spiro atoms. The molecule has 31 heavy (non-hydrogen) atoms. The van der Waals surface area contributed by atoms with Crippen LogP contribution in [0.15, 0.2) is 52.4 Å². The van der Waals surface area contributed by atoms with Crippen LogP contribution in [0.2, 0.25) is 5.02 Å². The van der Waals surface area contributed by atoms with Crippen LogP contribution in [0.1, 0.15) is 44.7 Å². The summed E-state index contributed by atoms with van der Waals surface area (Å²) in [4.78, 5) is 22.0. The van der Waals surface area contributed by atoms with Crippen molar-refractivity contribution in [3.05, 3.63) is 58.6 Å². The van der Waals surface area contributed by atoms with E-state index in [2.05, 4.69) is 12.2 Å². The van der Waals surface area contributed by atoms with E-state index in [1.807, 2.05) is 57.2 Å². The zero-order chi connectivity index (χ0) is 22.4. The highest BCUT2D eigenvalue weighted by molar-refractivity contribution is 8.16. The van der Waals surface area contributed by atoms with Crippen LogP contribution in [0.3, 0.4) is 0 Å². The minimum atomic E-state index is -0.552. The predicted octanol–water partition coefficient (Wildman–Crippen LogP) is 6.14. The molecule has 1 N–H and O–H groups in total. The number of amides is 1. The quantitative estimate of drug-likeness (QED) is 0.484. The molecule has 0 saturated heterocycles. The number of halogens is 1. The van der Waals surface area contributed by atoms with E-state index in [9.17, 15) is 4.79 Å². The Morgan fingerprint density at radius 3 is 2.58 bits per heavy atom. The molecule has 0 unspecified atom stereocenters. The first kappa shape index (κ1) is 23.4. The van der Waals surface area contributed by atoms with Gasteiger partial charge in [0, 0.05) is 5.56 Å². The number of benzene rings is 2. The minimum Gasteiger partial charge on any atom is -0.494 e. The van der Waals surface area contributed by atoms with Crippen molar-refractivity contribution in [3.8, 4) is 5.75 Å². The van der Waals surface area contributed by atoms with Crippen LogP contribution in [0.4, 0.5) is 5.69 Å². The summed E-state index contributed by atoms with van der Waals surface area (Å²) >= 11 is 7.60. The van der Waals surface area contributed by atoms with Gasteiger partial charge in [-0.15, -0.1) is 0 Å². The Labute approximate surface area is 193 Å². The molecule has 1 amide bonds. The summed E-state index contributed by atoms with van der Waals surface area (Å²) in [6.45, 7) is 8.68. The lowest BCUT2D eigenvalue weighted by molar-refractivity contribution is -0.113. The second kappa shape index (κ2) is 10.3. The van der Waals surface area contributed by atoms with Crippen LogP contribution >= 0.6 is 23.4 Å². The molecule has 7 heteroatoms. The highest BCUT2D eigenvalue weighted by Crippen LogP contribution is 2.29. The summed E-state index contributed by atoms with van der Waals surface area (Å²) in [5.41, 5.74) is 2.78. The number of hydrogen-bond donors (Lipinski definition) is 1. The Balaban J connectivity index is 1.66. The van der Waals surface area contributed by atoms with Gasteiger partial charge in [-0.05, 0) is 63.1 Å². The molecule has 2 aromatic carbocycles. The molecule has 3 rings (SSSR count). The van der Waals surface area contributed by atoms with E-state index in [0.717, 1.165) is 40.5 Å². The maximum absolute atomic E-state index is 12.5. The number of nitrogens with one attached hydrogen (secondary N) is 1. The average molecular weight is 458 g/mol. The first-order valence-corrected chi connectivity index (χ1v) is 11.8. The number of anilines is 1. The maximum Gasteiger partial charge on any atom is 0.234 e. The summed E-state index contributed by atoms with van der Waals surface area (Å²) in [5.74, 6) is 0.930. The zero-order valence-electron chi connectivity index (χ0n) is 18.4. The van der Waals surface area contributed by atoms with Gasteiger partial charge < -0.3 is 10.1 Å². The molecule has 0 bridgehead atoms.